The van der Waals surface area contributed by atoms with Gasteiger partial charge in [0, 0.05) is 42.9 Å². The van der Waals surface area contributed by atoms with Gasteiger partial charge in [0.15, 0.2) is 11.5 Å². The molecule has 1 amide bonds. The fourth-order valence-corrected chi connectivity index (χ4v) is 4.19. The summed E-state index contributed by atoms with van der Waals surface area (Å²) in [4.78, 5) is 17.5. The third kappa shape index (κ3) is 4.43. The quantitative estimate of drug-likeness (QED) is 0.595. The average molecular weight is 446 g/mol. The first kappa shape index (κ1) is 20.8. The van der Waals surface area contributed by atoms with Gasteiger partial charge in [-0.05, 0) is 38.2 Å². The summed E-state index contributed by atoms with van der Waals surface area (Å²) in [5.74, 6) is 0.0962. The molecule has 1 N–H and O–H groups in total. The van der Waals surface area contributed by atoms with E-state index in [4.69, 9.17) is 9.47 Å². The molecule has 0 aromatic carbocycles. The van der Waals surface area contributed by atoms with Crippen LogP contribution in [0.2, 0.25) is 0 Å². The van der Waals surface area contributed by atoms with Crippen molar-refractivity contribution in [2.75, 3.05) is 18.5 Å². The van der Waals surface area contributed by atoms with E-state index in [1.807, 2.05) is 10.9 Å². The number of nitrogens with one attached hydrogen (secondary N) is 1. The van der Waals surface area contributed by atoms with Crippen molar-refractivity contribution >= 4 is 22.8 Å². The molecule has 32 heavy (non-hydrogen) atoms. The molecular formula is C21H24F2N6O3. The topological polar surface area (TPSA) is 96.1 Å². The van der Waals surface area contributed by atoms with Crippen LogP contribution in [0, 0.1) is 5.92 Å². The van der Waals surface area contributed by atoms with Crippen LogP contribution in [0.15, 0.2) is 24.5 Å². The minimum atomic E-state index is -2.78. The Balaban J connectivity index is 1.43. The Labute approximate surface area is 182 Å². The number of ether oxygens (including phenoxy) is 2. The van der Waals surface area contributed by atoms with E-state index in [1.54, 1.807) is 6.07 Å². The summed E-state index contributed by atoms with van der Waals surface area (Å²) in [7, 11) is 0. The van der Waals surface area contributed by atoms with Gasteiger partial charge in [-0.15, -0.1) is 0 Å². The van der Waals surface area contributed by atoms with Crippen LogP contribution in [0.4, 0.5) is 14.6 Å². The first-order chi connectivity index (χ1) is 15.5. The van der Waals surface area contributed by atoms with E-state index in [1.165, 1.54) is 6.07 Å². The molecular weight excluding hydrogens is 422 g/mol. The molecule has 9 nitrogen and oxygen atoms in total. The van der Waals surface area contributed by atoms with Crippen LogP contribution < -0.4 is 10.1 Å². The standard InChI is InChI=1S/C21H24F2N6O3/c22-21(23)29-7-5-17(26-29)24-19(30)16-9-14-11-28(10-13-6-8-31-12-13)27-18(14)25-20(16)32-15-3-1-2-4-15/h5,7,9,11,13,15,21H,1-4,6,8,10,12H2,(H,24,26,30)/t13-/m0/s1. The van der Waals surface area contributed by atoms with Gasteiger partial charge >= 0.3 is 6.55 Å². The smallest absolute Gasteiger partial charge is 0.333 e. The number of anilines is 1. The molecule has 1 aliphatic carbocycles. The number of aromatic nitrogens is 5. The molecule has 5 rings (SSSR count). The summed E-state index contributed by atoms with van der Waals surface area (Å²) in [6, 6.07) is 3.00. The Morgan fingerprint density at radius 1 is 1.28 bits per heavy atom. The number of rotatable bonds is 7. The number of hydrogen-bond acceptors (Lipinski definition) is 6. The van der Waals surface area contributed by atoms with Gasteiger partial charge in [-0.25, -0.2) is 4.68 Å². The van der Waals surface area contributed by atoms with Crippen LogP contribution in [-0.4, -0.2) is 49.8 Å². The number of halogens is 2. The zero-order valence-electron chi connectivity index (χ0n) is 17.4. The second kappa shape index (κ2) is 8.81. The molecule has 0 unspecified atom stereocenters. The molecule has 2 fully saturated rings. The highest BCUT2D eigenvalue weighted by atomic mass is 19.3. The molecule has 3 aromatic rings. The molecule has 1 saturated heterocycles. The SMILES string of the molecule is O=C(Nc1ccn(C(F)F)n1)c1cc2cn(C[C@@H]3CCOC3)nc2nc1OC1CCCC1. The van der Waals surface area contributed by atoms with E-state index >= 15 is 0 Å². The Hall–Kier alpha value is -3.08. The Bertz CT molecular complexity index is 1100. The summed E-state index contributed by atoms with van der Waals surface area (Å²) in [6.07, 6.45) is 7.86. The van der Waals surface area contributed by atoms with Crippen molar-refractivity contribution in [2.24, 2.45) is 5.92 Å². The van der Waals surface area contributed by atoms with Crippen molar-refractivity contribution in [3.63, 3.8) is 0 Å². The van der Waals surface area contributed by atoms with Crippen LogP contribution in [0.3, 0.4) is 0 Å². The molecule has 1 aliphatic heterocycles. The maximum Gasteiger partial charge on any atom is 0.333 e. The van der Waals surface area contributed by atoms with Crippen molar-refractivity contribution < 1.29 is 23.0 Å². The average Bonchev–Trinajstić information content (AvgIpc) is 3.55. The number of fused-ring (bicyclic) bond motifs is 1. The molecule has 2 aliphatic rings. The maximum atomic E-state index is 13.0. The second-order valence-electron chi connectivity index (χ2n) is 8.27. The molecule has 3 aromatic heterocycles. The van der Waals surface area contributed by atoms with Gasteiger partial charge in [0.25, 0.3) is 5.91 Å². The maximum absolute atomic E-state index is 13.0. The molecule has 4 heterocycles. The molecule has 11 heteroatoms. The Kier molecular flexibility index (Phi) is 5.73. The van der Waals surface area contributed by atoms with Gasteiger partial charge in [-0.2, -0.15) is 24.0 Å². The first-order valence-corrected chi connectivity index (χ1v) is 10.8. The summed E-state index contributed by atoms with van der Waals surface area (Å²) in [6.45, 7) is -0.606. The van der Waals surface area contributed by atoms with E-state index in [0.29, 0.717) is 34.8 Å². The van der Waals surface area contributed by atoms with Gasteiger partial charge < -0.3 is 14.8 Å². The number of alkyl halides is 2. The van der Waals surface area contributed by atoms with Crippen molar-refractivity contribution in [1.29, 1.82) is 0 Å². The van der Waals surface area contributed by atoms with Gasteiger partial charge in [0.05, 0.1) is 6.61 Å². The summed E-state index contributed by atoms with van der Waals surface area (Å²) >= 11 is 0. The molecule has 0 radical (unpaired) electrons. The van der Waals surface area contributed by atoms with E-state index < -0.39 is 12.5 Å². The number of carbonyl (C=O) groups excluding carboxylic acids is 1. The molecule has 170 valence electrons. The minimum Gasteiger partial charge on any atom is -0.474 e. The van der Waals surface area contributed by atoms with Crippen LogP contribution in [-0.2, 0) is 11.3 Å². The predicted octanol–water partition coefficient (Wildman–Crippen LogP) is 3.63. The van der Waals surface area contributed by atoms with E-state index in [-0.39, 0.29) is 23.4 Å². The van der Waals surface area contributed by atoms with Crippen molar-refractivity contribution in [2.45, 2.75) is 51.3 Å². The van der Waals surface area contributed by atoms with Gasteiger partial charge in [0.2, 0.25) is 5.88 Å². The number of nitrogens with zero attached hydrogens (tertiary/aromatic N) is 5. The Morgan fingerprint density at radius 2 is 2.12 bits per heavy atom. The lowest BCUT2D eigenvalue weighted by Gasteiger charge is -2.15. The largest absolute Gasteiger partial charge is 0.474 e. The van der Waals surface area contributed by atoms with Gasteiger partial charge in [-0.1, -0.05) is 0 Å². The lowest BCUT2D eigenvalue weighted by Crippen LogP contribution is -2.19. The Morgan fingerprint density at radius 3 is 2.84 bits per heavy atom. The van der Waals surface area contributed by atoms with E-state index in [9.17, 15) is 13.6 Å². The van der Waals surface area contributed by atoms with E-state index in [0.717, 1.165) is 44.9 Å². The van der Waals surface area contributed by atoms with Gasteiger partial charge in [-0.3, -0.25) is 9.48 Å². The fraction of sp³-hybridized carbons (Fsp3) is 0.524. The van der Waals surface area contributed by atoms with Crippen molar-refractivity contribution in [3.8, 4) is 5.88 Å². The summed E-state index contributed by atoms with van der Waals surface area (Å²) < 4.78 is 39.4. The monoisotopic (exact) mass is 446 g/mol. The van der Waals surface area contributed by atoms with Gasteiger partial charge in [0.1, 0.15) is 11.7 Å². The number of hydrogen-bond donors (Lipinski definition) is 1. The predicted molar refractivity (Wildman–Crippen MR) is 111 cm³/mol. The zero-order valence-corrected chi connectivity index (χ0v) is 17.4. The minimum absolute atomic E-state index is 0.0118. The van der Waals surface area contributed by atoms with Crippen molar-refractivity contribution in [3.05, 3.63) is 30.1 Å². The molecule has 0 bridgehead atoms. The molecule has 1 atom stereocenters. The number of amides is 1. The molecule has 1 saturated carbocycles. The van der Waals surface area contributed by atoms with E-state index in [2.05, 4.69) is 20.5 Å². The highest BCUT2D eigenvalue weighted by Gasteiger charge is 2.24. The first-order valence-electron chi connectivity index (χ1n) is 10.8. The van der Waals surface area contributed by atoms with Crippen LogP contribution >= 0.6 is 0 Å². The van der Waals surface area contributed by atoms with Crippen molar-refractivity contribution in [1.82, 2.24) is 24.5 Å². The second-order valence-corrected chi connectivity index (χ2v) is 8.27. The normalized spacial score (nSPS) is 19.3. The third-order valence-electron chi connectivity index (χ3n) is 5.85. The summed E-state index contributed by atoms with van der Waals surface area (Å²) in [5, 5.41) is 11.5. The highest BCUT2D eigenvalue weighted by molar-refractivity contribution is 6.07. The van der Waals surface area contributed by atoms with Crippen LogP contribution in [0.25, 0.3) is 11.0 Å². The number of carbonyl (C=O) groups is 1. The van der Waals surface area contributed by atoms with Crippen LogP contribution in [0.5, 0.6) is 5.88 Å². The zero-order chi connectivity index (χ0) is 22.1. The number of pyridine rings is 1. The lowest BCUT2D eigenvalue weighted by molar-refractivity contribution is 0.0568. The molecule has 0 spiro atoms. The third-order valence-corrected chi connectivity index (χ3v) is 5.85. The van der Waals surface area contributed by atoms with Crippen LogP contribution in [0.1, 0.15) is 49.0 Å². The summed E-state index contributed by atoms with van der Waals surface area (Å²) in [5.41, 5.74) is 0.718. The highest BCUT2D eigenvalue weighted by Crippen LogP contribution is 2.28. The lowest BCUT2D eigenvalue weighted by atomic mass is 10.1. The fourth-order valence-electron chi connectivity index (χ4n) is 4.19.